The summed E-state index contributed by atoms with van der Waals surface area (Å²) < 4.78 is 11.3. The average molecular weight is 362 g/mol. The fourth-order valence-corrected chi connectivity index (χ4v) is 2.59. The fraction of sp³-hybridized carbons (Fsp3) is 0.350. The SMILES string of the molecule is CCCOc1c(Cl)cc(C(=O)Nc2ccc(C)c(C)c2)cc1OCC. The molecule has 1 amide bonds. The smallest absolute Gasteiger partial charge is 0.255 e. The Morgan fingerprint density at radius 3 is 2.48 bits per heavy atom. The van der Waals surface area contributed by atoms with E-state index in [-0.39, 0.29) is 5.91 Å². The number of rotatable bonds is 7. The second kappa shape index (κ2) is 8.77. The van der Waals surface area contributed by atoms with Gasteiger partial charge >= 0.3 is 0 Å². The zero-order valence-corrected chi connectivity index (χ0v) is 15.9. The first-order valence-corrected chi connectivity index (χ1v) is 8.81. The molecule has 0 aliphatic rings. The quantitative estimate of drug-likeness (QED) is 0.718. The Bertz CT molecular complexity index is 759. The van der Waals surface area contributed by atoms with Crippen molar-refractivity contribution >= 4 is 23.2 Å². The Morgan fingerprint density at radius 1 is 1.08 bits per heavy atom. The Labute approximate surface area is 154 Å². The van der Waals surface area contributed by atoms with Gasteiger partial charge in [0.2, 0.25) is 0 Å². The van der Waals surface area contributed by atoms with E-state index in [0.717, 1.165) is 17.7 Å². The minimum absolute atomic E-state index is 0.242. The van der Waals surface area contributed by atoms with E-state index in [9.17, 15) is 4.79 Å². The molecule has 134 valence electrons. The highest BCUT2D eigenvalue weighted by Gasteiger charge is 2.16. The van der Waals surface area contributed by atoms with Gasteiger partial charge in [0.05, 0.1) is 18.2 Å². The Morgan fingerprint density at radius 2 is 1.84 bits per heavy atom. The first-order chi connectivity index (χ1) is 12.0. The van der Waals surface area contributed by atoms with Crippen molar-refractivity contribution in [1.82, 2.24) is 0 Å². The van der Waals surface area contributed by atoms with Crippen LogP contribution in [0.3, 0.4) is 0 Å². The molecule has 0 saturated carbocycles. The van der Waals surface area contributed by atoms with Gasteiger partial charge in [0.25, 0.3) is 5.91 Å². The summed E-state index contributed by atoms with van der Waals surface area (Å²) in [6, 6.07) is 9.06. The van der Waals surface area contributed by atoms with Crippen molar-refractivity contribution < 1.29 is 14.3 Å². The number of hydrogen-bond acceptors (Lipinski definition) is 3. The second-order valence-corrected chi connectivity index (χ2v) is 6.23. The van der Waals surface area contributed by atoms with E-state index < -0.39 is 0 Å². The van der Waals surface area contributed by atoms with Gasteiger partial charge in [-0.1, -0.05) is 24.6 Å². The van der Waals surface area contributed by atoms with Gasteiger partial charge in [-0.3, -0.25) is 4.79 Å². The molecule has 2 aromatic carbocycles. The van der Waals surface area contributed by atoms with Crippen molar-refractivity contribution in [3.05, 3.63) is 52.0 Å². The van der Waals surface area contributed by atoms with Crippen molar-refractivity contribution in [3.63, 3.8) is 0 Å². The number of carbonyl (C=O) groups is 1. The molecule has 0 spiro atoms. The highest BCUT2D eigenvalue weighted by molar-refractivity contribution is 6.32. The number of benzene rings is 2. The minimum Gasteiger partial charge on any atom is -0.490 e. The number of nitrogens with one attached hydrogen (secondary N) is 1. The molecule has 0 fully saturated rings. The molecular weight excluding hydrogens is 338 g/mol. The lowest BCUT2D eigenvalue weighted by molar-refractivity contribution is 0.102. The summed E-state index contributed by atoms with van der Waals surface area (Å²) in [6.45, 7) is 8.92. The summed E-state index contributed by atoms with van der Waals surface area (Å²) >= 11 is 6.31. The molecule has 2 aromatic rings. The zero-order chi connectivity index (χ0) is 18.4. The van der Waals surface area contributed by atoms with Crippen LogP contribution in [0.2, 0.25) is 5.02 Å². The third-order valence-electron chi connectivity index (χ3n) is 3.79. The third-order valence-corrected chi connectivity index (χ3v) is 4.07. The van der Waals surface area contributed by atoms with Crippen molar-refractivity contribution in [2.24, 2.45) is 0 Å². The maximum atomic E-state index is 12.6. The van der Waals surface area contributed by atoms with E-state index >= 15 is 0 Å². The van der Waals surface area contributed by atoms with E-state index in [4.69, 9.17) is 21.1 Å². The van der Waals surface area contributed by atoms with Crippen LogP contribution in [0.5, 0.6) is 11.5 Å². The van der Waals surface area contributed by atoms with Crippen LogP contribution < -0.4 is 14.8 Å². The van der Waals surface area contributed by atoms with Gasteiger partial charge in [-0.05, 0) is 62.6 Å². The van der Waals surface area contributed by atoms with Gasteiger partial charge in [0.15, 0.2) is 11.5 Å². The van der Waals surface area contributed by atoms with E-state index in [1.54, 1.807) is 12.1 Å². The first-order valence-electron chi connectivity index (χ1n) is 8.44. The molecule has 2 rings (SSSR count). The minimum atomic E-state index is -0.242. The van der Waals surface area contributed by atoms with Gasteiger partial charge in [-0.25, -0.2) is 0 Å². The lowest BCUT2D eigenvalue weighted by atomic mass is 10.1. The molecule has 0 heterocycles. The average Bonchev–Trinajstić information content (AvgIpc) is 2.57. The largest absolute Gasteiger partial charge is 0.490 e. The van der Waals surface area contributed by atoms with Gasteiger partial charge in [0.1, 0.15) is 0 Å². The van der Waals surface area contributed by atoms with Crippen LogP contribution in [0.25, 0.3) is 0 Å². The summed E-state index contributed by atoms with van der Waals surface area (Å²) in [5.41, 5.74) is 3.47. The number of amides is 1. The highest BCUT2D eigenvalue weighted by Crippen LogP contribution is 2.37. The summed E-state index contributed by atoms with van der Waals surface area (Å²) in [5.74, 6) is 0.718. The van der Waals surface area contributed by atoms with E-state index in [0.29, 0.717) is 35.3 Å². The zero-order valence-electron chi connectivity index (χ0n) is 15.1. The van der Waals surface area contributed by atoms with E-state index in [2.05, 4.69) is 5.32 Å². The Kier molecular flexibility index (Phi) is 6.71. The van der Waals surface area contributed by atoms with Crippen molar-refractivity contribution in [1.29, 1.82) is 0 Å². The van der Waals surface area contributed by atoms with Crippen LogP contribution in [-0.2, 0) is 0 Å². The number of carbonyl (C=O) groups excluding carboxylic acids is 1. The van der Waals surface area contributed by atoms with Gasteiger partial charge < -0.3 is 14.8 Å². The molecule has 0 bridgehead atoms. The van der Waals surface area contributed by atoms with Gasteiger partial charge in [-0.15, -0.1) is 0 Å². The summed E-state index contributed by atoms with van der Waals surface area (Å²) in [4.78, 5) is 12.6. The number of aryl methyl sites for hydroxylation is 2. The van der Waals surface area contributed by atoms with E-state index in [1.807, 2.05) is 45.9 Å². The molecular formula is C20H24ClNO3. The molecule has 0 aliphatic heterocycles. The van der Waals surface area contributed by atoms with Crippen LogP contribution in [0.15, 0.2) is 30.3 Å². The summed E-state index contributed by atoms with van der Waals surface area (Å²) in [6.07, 6.45) is 0.858. The van der Waals surface area contributed by atoms with Gasteiger partial charge in [0, 0.05) is 11.3 Å². The Balaban J connectivity index is 2.27. The molecule has 0 unspecified atom stereocenters. The molecule has 4 nitrogen and oxygen atoms in total. The lowest BCUT2D eigenvalue weighted by Gasteiger charge is -2.15. The van der Waals surface area contributed by atoms with Crippen LogP contribution in [0.1, 0.15) is 41.8 Å². The lowest BCUT2D eigenvalue weighted by Crippen LogP contribution is -2.13. The molecule has 1 N–H and O–H groups in total. The number of anilines is 1. The van der Waals surface area contributed by atoms with Crippen LogP contribution >= 0.6 is 11.6 Å². The van der Waals surface area contributed by atoms with Gasteiger partial charge in [-0.2, -0.15) is 0 Å². The Hall–Kier alpha value is -2.20. The number of ether oxygens (including phenoxy) is 2. The molecule has 0 aromatic heterocycles. The van der Waals surface area contributed by atoms with Crippen molar-refractivity contribution in [2.75, 3.05) is 18.5 Å². The molecule has 0 radical (unpaired) electrons. The number of halogens is 1. The highest BCUT2D eigenvalue weighted by atomic mass is 35.5. The molecule has 0 aliphatic carbocycles. The standard InChI is InChI=1S/C20H24ClNO3/c1-5-9-25-19-17(21)11-15(12-18(19)24-6-2)20(23)22-16-8-7-13(3)14(4)10-16/h7-8,10-12H,5-6,9H2,1-4H3,(H,22,23). The van der Waals surface area contributed by atoms with Crippen molar-refractivity contribution in [3.8, 4) is 11.5 Å². The summed E-state index contributed by atoms with van der Waals surface area (Å²) in [5, 5.41) is 3.26. The molecule has 25 heavy (non-hydrogen) atoms. The van der Waals surface area contributed by atoms with Crippen LogP contribution in [0.4, 0.5) is 5.69 Å². The molecule has 5 heteroatoms. The predicted octanol–water partition coefficient (Wildman–Crippen LogP) is 5.40. The van der Waals surface area contributed by atoms with Crippen LogP contribution in [-0.4, -0.2) is 19.1 Å². The maximum Gasteiger partial charge on any atom is 0.255 e. The normalized spacial score (nSPS) is 10.4. The predicted molar refractivity (Wildman–Crippen MR) is 102 cm³/mol. The number of hydrogen-bond donors (Lipinski definition) is 1. The van der Waals surface area contributed by atoms with Crippen LogP contribution in [0, 0.1) is 13.8 Å². The summed E-state index contributed by atoms with van der Waals surface area (Å²) in [7, 11) is 0. The second-order valence-electron chi connectivity index (χ2n) is 5.82. The van der Waals surface area contributed by atoms with E-state index in [1.165, 1.54) is 5.56 Å². The third kappa shape index (κ3) is 4.89. The fourth-order valence-electron chi connectivity index (χ4n) is 2.33. The topological polar surface area (TPSA) is 47.6 Å². The first kappa shape index (κ1) is 19.1. The van der Waals surface area contributed by atoms with Crippen molar-refractivity contribution in [2.45, 2.75) is 34.1 Å². The maximum absolute atomic E-state index is 12.6. The monoisotopic (exact) mass is 361 g/mol. The molecule has 0 saturated heterocycles. The molecule has 0 atom stereocenters.